The van der Waals surface area contributed by atoms with Gasteiger partial charge in [-0.25, -0.2) is 8.42 Å². The third-order valence-electron chi connectivity index (χ3n) is 4.45. The highest BCUT2D eigenvalue weighted by atomic mass is 35.5. The van der Waals surface area contributed by atoms with Crippen molar-refractivity contribution in [3.05, 3.63) is 70.7 Å². The monoisotopic (exact) mass is 408 g/mol. The van der Waals surface area contributed by atoms with Crippen LogP contribution in [0.2, 0.25) is 5.02 Å². The predicted molar refractivity (Wildman–Crippen MR) is 109 cm³/mol. The first kappa shape index (κ1) is 19.0. The van der Waals surface area contributed by atoms with Gasteiger partial charge in [0, 0.05) is 22.6 Å². The van der Waals surface area contributed by atoms with Gasteiger partial charge < -0.3 is 5.32 Å². The predicted octanol–water partition coefficient (Wildman–Crippen LogP) is 4.36. The summed E-state index contributed by atoms with van der Waals surface area (Å²) in [4.78, 5) is 0.220. The van der Waals surface area contributed by atoms with Crippen LogP contribution >= 0.6 is 24.0 Å². The fourth-order valence-corrected chi connectivity index (χ4v) is 4.48. The van der Waals surface area contributed by atoms with Gasteiger partial charge in [-0.3, -0.25) is 4.72 Å². The minimum Gasteiger partial charge on any atom is -0.312 e. The van der Waals surface area contributed by atoms with Crippen LogP contribution in [0.1, 0.15) is 11.1 Å². The normalized spacial score (nSPS) is 13.7. The molecule has 0 aliphatic carbocycles. The van der Waals surface area contributed by atoms with Crippen LogP contribution in [0, 0.1) is 0 Å². The molecule has 136 valence electrons. The summed E-state index contributed by atoms with van der Waals surface area (Å²) in [5.41, 5.74) is 2.98. The van der Waals surface area contributed by atoms with Gasteiger partial charge in [0.1, 0.15) is 0 Å². The maximum Gasteiger partial charge on any atom is 0.261 e. The largest absolute Gasteiger partial charge is 0.312 e. The highest BCUT2D eigenvalue weighted by Gasteiger charge is 2.17. The van der Waals surface area contributed by atoms with Crippen LogP contribution < -0.4 is 10.0 Å². The highest BCUT2D eigenvalue weighted by molar-refractivity contribution is 7.92. The molecule has 1 heterocycles. The quantitative estimate of drug-likeness (QED) is 0.676. The van der Waals surface area contributed by atoms with Crippen LogP contribution in [0.15, 0.2) is 59.5 Å². The zero-order valence-corrected chi connectivity index (χ0v) is 16.2. The third kappa shape index (κ3) is 3.67. The van der Waals surface area contributed by atoms with E-state index in [1.165, 1.54) is 5.56 Å². The Morgan fingerprint density at radius 1 is 1.00 bits per heavy atom. The molecule has 1 aliphatic heterocycles. The van der Waals surface area contributed by atoms with E-state index >= 15 is 0 Å². The molecule has 0 unspecified atom stereocenters. The highest BCUT2D eigenvalue weighted by Crippen LogP contribution is 2.27. The van der Waals surface area contributed by atoms with Crippen molar-refractivity contribution in [2.24, 2.45) is 0 Å². The summed E-state index contributed by atoms with van der Waals surface area (Å²) in [6.07, 6.45) is 0.966. The Morgan fingerprint density at radius 3 is 2.69 bits per heavy atom. The van der Waals surface area contributed by atoms with Gasteiger partial charge in [0.2, 0.25) is 0 Å². The molecule has 1 aliphatic rings. The van der Waals surface area contributed by atoms with E-state index in [1.54, 1.807) is 24.3 Å². The number of rotatable bonds is 3. The third-order valence-corrected chi connectivity index (χ3v) is 6.16. The van der Waals surface area contributed by atoms with E-state index in [4.69, 9.17) is 11.6 Å². The summed E-state index contributed by atoms with van der Waals surface area (Å²) in [7, 11) is -3.66. The van der Waals surface area contributed by atoms with E-state index in [0.29, 0.717) is 10.7 Å². The Bertz CT molecular complexity index is 1070. The first-order chi connectivity index (χ1) is 12.0. The lowest BCUT2D eigenvalue weighted by atomic mass is 10.0. The van der Waals surface area contributed by atoms with Gasteiger partial charge in [-0.15, -0.1) is 12.4 Å². The molecule has 0 fully saturated rings. The molecule has 0 saturated carbocycles. The van der Waals surface area contributed by atoms with Crippen LogP contribution in [0.3, 0.4) is 0 Å². The van der Waals surface area contributed by atoms with Crippen molar-refractivity contribution in [1.29, 1.82) is 0 Å². The molecule has 4 nitrogen and oxygen atoms in total. The molecule has 0 bridgehead atoms. The summed E-state index contributed by atoms with van der Waals surface area (Å²) >= 11 is 6.15. The Balaban J connectivity index is 0.00000196. The van der Waals surface area contributed by atoms with Crippen molar-refractivity contribution in [2.75, 3.05) is 11.3 Å². The van der Waals surface area contributed by atoms with Crippen LogP contribution in [0.4, 0.5) is 5.69 Å². The summed E-state index contributed by atoms with van der Waals surface area (Å²) < 4.78 is 28.2. The fourth-order valence-electron chi connectivity index (χ4n) is 3.15. The molecule has 4 rings (SSSR count). The van der Waals surface area contributed by atoms with E-state index in [9.17, 15) is 8.42 Å². The molecule has 0 radical (unpaired) electrons. The number of sulfonamides is 1. The van der Waals surface area contributed by atoms with Crippen molar-refractivity contribution in [2.45, 2.75) is 17.9 Å². The molecule has 26 heavy (non-hydrogen) atoms. The molecule has 0 atom stereocenters. The Hall–Kier alpha value is -1.79. The van der Waals surface area contributed by atoms with Crippen LogP contribution in [0.5, 0.6) is 0 Å². The molecular formula is C19H18Cl2N2O2S. The SMILES string of the molecule is Cl.O=S(=O)(Nc1ccc2c(c1)CNCC2)c1ccc2c(Cl)cccc2c1. The van der Waals surface area contributed by atoms with Gasteiger partial charge in [-0.1, -0.05) is 35.9 Å². The number of benzene rings is 3. The van der Waals surface area contributed by atoms with Gasteiger partial charge in [0.15, 0.2) is 0 Å². The van der Waals surface area contributed by atoms with Crippen molar-refractivity contribution in [1.82, 2.24) is 5.32 Å². The summed E-state index contributed by atoms with van der Waals surface area (Å²) in [6.45, 7) is 1.72. The molecule has 0 aromatic heterocycles. The minimum atomic E-state index is -3.66. The lowest BCUT2D eigenvalue weighted by Crippen LogP contribution is -2.23. The van der Waals surface area contributed by atoms with Crippen molar-refractivity contribution in [3.8, 4) is 0 Å². The number of anilines is 1. The summed E-state index contributed by atoms with van der Waals surface area (Å²) in [5, 5.41) is 5.54. The van der Waals surface area contributed by atoms with Crippen molar-refractivity contribution >= 4 is 50.5 Å². The number of fused-ring (bicyclic) bond motifs is 2. The molecule has 7 heteroatoms. The Kier molecular flexibility index (Phi) is 5.44. The number of halogens is 2. The first-order valence-electron chi connectivity index (χ1n) is 8.06. The standard InChI is InChI=1S/C19H17ClN2O2S.ClH/c20-19-3-1-2-14-11-17(6-7-18(14)19)25(23,24)22-16-5-4-13-8-9-21-12-15(13)10-16;/h1-7,10-11,21-22H,8-9,12H2;1H. The molecular weight excluding hydrogens is 391 g/mol. The Labute approximate surface area is 164 Å². The second-order valence-electron chi connectivity index (χ2n) is 6.14. The first-order valence-corrected chi connectivity index (χ1v) is 9.93. The molecule has 0 saturated heterocycles. The Morgan fingerprint density at radius 2 is 1.85 bits per heavy atom. The smallest absolute Gasteiger partial charge is 0.261 e. The second-order valence-corrected chi connectivity index (χ2v) is 8.23. The topological polar surface area (TPSA) is 58.2 Å². The maximum absolute atomic E-state index is 12.7. The second kappa shape index (κ2) is 7.45. The number of hydrogen-bond acceptors (Lipinski definition) is 3. The van der Waals surface area contributed by atoms with Crippen molar-refractivity contribution < 1.29 is 8.42 Å². The average Bonchev–Trinajstić information content (AvgIpc) is 2.61. The zero-order valence-electron chi connectivity index (χ0n) is 13.8. The van der Waals surface area contributed by atoms with Gasteiger partial charge in [0.25, 0.3) is 10.0 Å². The van der Waals surface area contributed by atoms with Crippen molar-refractivity contribution in [3.63, 3.8) is 0 Å². The summed E-state index contributed by atoms with van der Waals surface area (Å²) in [5.74, 6) is 0. The lowest BCUT2D eigenvalue weighted by Gasteiger charge is -2.18. The molecule has 0 spiro atoms. The molecule has 2 N–H and O–H groups in total. The fraction of sp³-hybridized carbons (Fsp3) is 0.158. The number of nitrogens with one attached hydrogen (secondary N) is 2. The maximum atomic E-state index is 12.7. The molecule has 3 aromatic carbocycles. The van der Waals surface area contributed by atoms with Crippen LogP contribution in [-0.4, -0.2) is 15.0 Å². The van der Waals surface area contributed by atoms with Crippen LogP contribution in [0.25, 0.3) is 10.8 Å². The zero-order chi connectivity index (χ0) is 17.4. The van der Waals surface area contributed by atoms with Gasteiger partial charge in [-0.2, -0.15) is 0 Å². The number of hydrogen-bond donors (Lipinski definition) is 2. The van der Waals surface area contributed by atoms with E-state index in [0.717, 1.165) is 35.8 Å². The van der Waals surface area contributed by atoms with E-state index in [-0.39, 0.29) is 17.3 Å². The average molecular weight is 409 g/mol. The molecule has 0 amide bonds. The minimum absolute atomic E-state index is 0. The summed E-state index contributed by atoms with van der Waals surface area (Å²) in [6, 6.07) is 16.1. The van der Waals surface area contributed by atoms with E-state index in [2.05, 4.69) is 10.0 Å². The molecule has 3 aromatic rings. The van der Waals surface area contributed by atoms with E-state index < -0.39 is 10.0 Å². The van der Waals surface area contributed by atoms with Gasteiger partial charge in [0.05, 0.1) is 4.90 Å². The lowest BCUT2D eigenvalue weighted by molar-refractivity contribution is 0.601. The van der Waals surface area contributed by atoms with E-state index in [1.807, 2.05) is 30.3 Å². The van der Waals surface area contributed by atoms with Crippen LogP contribution in [-0.2, 0) is 23.0 Å². The van der Waals surface area contributed by atoms with Gasteiger partial charge >= 0.3 is 0 Å². The van der Waals surface area contributed by atoms with Gasteiger partial charge in [-0.05, 0) is 59.8 Å².